The Morgan fingerprint density at radius 1 is 1.18 bits per heavy atom. The van der Waals surface area contributed by atoms with Crippen LogP contribution in [-0.2, 0) is 11.2 Å². The average molecular weight is 382 g/mol. The number of carbonyl (C=O) groups is 2. The number of piperidine rings is 1. The summed E-state index contributed by atoms with van der Waals surface area (Å²) < 4.78 is 13.1. The molecular weight excluding hydrogens is 359 g/mol. The molecule has 2 aromatic rings. The summed E-state index contributed by atoms with van der Waals surface area (Å²) in [6.07, 6.45) is 2.90. The quantitative estimate of drug-likeness (QED) is 0.801. The third kappa shape index (κ3) is 3.37. The Bertz CT molecular complexity index is 929. The van der Waals surface area contributed by atoms with Gasteiger partial charge in [0.05, 0.1) is 0 Å². The highest BCUT2D eigenvalue weighted by Gasteiger charge is 2.30. The number of nitrogens with zero attached hydrogens (tertiary/aromatic N) is 4. The van der Waals surface area contributed by atoms with E-state index in [0.29, 0.717) is 43.1 Å². The predicted octanol–water partition coefficient (Wildman–Crippen LogP) is 2.85. The number of aromatic nitrogens is 2. The zero-order chi connectivity index (χ0) is 19.8. The van der Waals surface area contributed by atoms with Crippen LogP contribution in [0.2, 0.25) is 0 Å². The molecule has 0 saturated carbocycles. The molecule has 7 heteroatoms. The Morgan fingerprint density at radius 3 is 2.68 bits per heavy atom. The van der Waals surface area contributed by atoms with E-state index >= 15 is 0 Å². The molecular formula is C21H23FN4O2. The smallest absolute Gasteiger partial charge is 0.253 e. The van der Waals surface area contributed by atoms with E-state index in [0.717, 1.165) is 24.1 Å². The molecule has 0 N–H and O–H groups in total. The van der Waals surface area contributed by atoms with Gasteiger partial charge in [-0.2, -0.15) is 0 Å². The molecule has 1 fully saturated rings. The van der Waals surface area contributed by atoms with Crippen molar-refractivity contribution in [2.45, 2.75) is 38.5 Å². The van der Waals surface area contributed by atoms with Gasteiger partial charge in [-0.15, -0.1) is 0 Å². The van der Waals surface area contributed by atoms with E-state index in [9.17, 15) is 14.0 Å². The Morgan fingerprint density at radius 2 is 1.93 bits per heavy atom. The highest BCUT2D eigenvalue weighted by molar-refractivity contribution is 5.95. The van der Waals surface area contributed by atoms with E-state index in [1.54, 1.807) is 16.8 Å². The minimum atomic E-state index is -0.357. The van der Waals surface area contributed by atoms with Gasteiger partial charge in [0.1, 0.15) is 17.5 Å². The number of likely N-dealkylation sites (tertiary alicyclic amines) is 1. The van der Waals surface area contributed by atoms with E-state index in [2.05, 4.69) is 0 Å². The number of amides is 2. The standard InChI is InChI=1S/C21H23FN4O2/c1-13-17-9-10-18(27)25(2)20(17)24-19(23-13)15-4-3-11-26(12-15)21(28)14-5-7-16(22)8-6-14/h5-8,15H,3-4,9-12H2,1-2H3/t15-/m0/s1. The Balaban J connectivity index is 1.58. The largest absolute Gasteiger partial charge is 0.338 e. The number of halogens is 1. The van der Waals surface area contributed by atoms with Gasteiger partial charge in [0, 0.05) is 49.3 Å². The summed E-state index contributed by atoms with van der Waals surface area (Å²) in [6, 6.07) is 5.64. The van der Waals surface area contributed by atoms with E-state index < -0.39 is 0 Å². The summed E-state index contributed by atoms with van der Waals surface area (Å²) in [5.41, 5.74) is 2.41. The molecule has 2 aliphatic rings. The molecule has 4 rings (SSSR count). The Labute approximate surface area is 163 Å². The van der Waals surface area contributed by atoms with Gasteiger partial charge in [-0.25, -0.2) is 14.4 Å². The summed E-state index contributed by atoms with van der Waals surface area (Å²) in [6.45, 7) is 3.14. The zero-order valence-corrected chi connectivity index (χ0v) is 16.1. The number of anilines is 1. The fraction of sp³-hybridized carbons (Fsp3) is 0.429. The third-order valence-electron chi connectivity index (χ3n) is 5.65. The maximum absolute atomic E-state index is 13.1. The first-order valence-corrected chi connectivity index (χ1v) is 9.63. The van der Waals surface area contributed by atoms with Crippen LogP contribution >= 0.6 is 0 Å². The van der Waals surface area contributed by atoms with Crippen molar-refractivity contribution >= 4 is 17.6 Å². The molecule has 0 radical (unpaired) electrons. The maximum Gasteiger partial charge on any atom is 0.253 e. The minimum absolute atomic E-state index is 0.0209. The van der Waals surface area contributed by atoms with Crippen molar-refractivity contribution < 1.29 is 14.0 Å². The Hall–Kier alpha value is -2.83. The molecule has 0 bridgehead atoms. The molecule has 146 valence electrons. The Kier molecular flexibility index (Phi) is 4.83. The SMILES string of the molecule is Cc1nc([C@H]2CCCN(C(=O)c3ccc(F)cc3)C2)nc2c1CCC(=O)N2C. The molecule has 1 atom stereocenters. The normalized spacial score (nSPS) is 19.5. The highest BCUT2D eigenvalue weighted by atomic mass is 19.1. The first kappa shape index (κ1) is 18.5. The lowest BCUT2D eigenvalue weighted by Gasteiger charge is -2.33. The molecule has 1 aromatic carbocycles. The van der Waals surface area contributed by atoms with Crippen LogP contribution in [0.3, 0.4) is 0 Å². The fourth-order valence-corrected chi connectivity index (χ4v) is 4.02. The van der Waals surface area contributed by atoms with Gasteiger partial charge in [-0.1, -0.05) is 0 Å². The zero-order valence-electron chi connectivity index (χ0n) is 16.1. The van der Waals surface area contributed by atoms with Crippen LogP contribution in [0.15, 0.2) is 24.3 Å². The van der Waals surface area contributed by atoms with E-state index in [1.807, 2.05) is 6.92 Å². The summed E-state index contributed by atoms with van der Waals surface area (Å²) in [4.78, 5) is 37.7. The highest BCUT2D eigenvalue weighted by Crippen LogP contribution is 2.31. The fourth-order valence-electron chi connectivity index (χ4n) is 4.02. The summed E-state index contributed by atoms with van der Waals surface area (Å²) in [5, 5.41) is 0. The number of benzene rings is 1. The number of carbonyl (C=O) groups excluding carboxylic acids is 2. The summed E-state index contributed by atoms with van der Waals surface area (Å²) in [5.74, 6) is 1.01. The molecule has 0 aliphatic carbocycles. The van der Waals surface area contributed by atoms with Gasteiger partial charge in [0.2, 0.25) is 5.91 Å². The second-order valence-corrected chi connectivity index (χ2v) is 7.52. The van der Waals surface area contributed by atoms with Crippen molar-refractivity contribution in [3.8, 4) is 0 Å². The van der Waals surface area contributed by atoms with Gasteiger partial charge < -0.3 is 4.90 Å². The van der Waals surface area contributed by atoms with Crippen LogP contribution in [0.4, 0.5) is 10.2 Å². The third-order valence-corrected chi connectivity index (χ3v) is 5.65. The van der Waals surface area contributed by atoms with Crippen LogP contribution in [0.5, 0.6) is 0 Å². The second-order valence-electron chi connectivity index (χ2n) is 7.52. The van der Waals surface area contributed by atoms with Gasteiger partial charge in [-0.3, -0.25) is 14.5 Å². The van der Waals surface area contributed by atoms with E-state index in [1.165, 1.54) is 24.3 Å². The maximum atomic E-state index is 13.1. The van der Waals surface area contributed by atoms with Crippen molar-refractivity contribution in [1.82, 2.24) is 14.9 Å². The number of hydrogen-bond acceptors (Lipinski definition) is 4. The molecule has 28 heavy (non-hydrogen) atoms. The first-order chi connectivity index (χ1) is 13.4. The molecule has 2 aliphatic heterocycles. The predicted molar refractivity (Wildman–Crippen MR) is 103 cm³/mol. The molecule has 2 amide bonds. The number of fused-ring (bicyclic) bond motifs is 1. The number of aryl methyl sites for hydroxylation is 1. The van der Waals surface area contributed by atoms with Gasteiger partial charge in [0.25, 0.3) is 5.91 Å². The monoisotopic (exact) mass is 382 g/mol. The molecule has 1 aromatic heterocycles. The van der Waals surface area contributed by atoms with Crippen LogP contribution in [0.1, 0.15) is 52.6 Å². The van der Waals surface area contributed by atoms with Crippen LogP contribution in [0.25, 0.3) is 0 Å². The summed E-state index contributed by atoms with van der Waals surface area (Å²) in [7, 11) is 1.75. The van der Waals surface area contributed by atoms with Crippen LogP contribution in [0, 0.1) is 12.7 Å². The van der Waals surface area contributed by atoms with Crippen molar-refractivity contribution in [1.29, 1.82) is 0 Å². The first-order valence-electron chi connectivity index (χ1n) is 9.63. The lowest BCUT2D eigenvalue weighted by molar-refractivity contribution is -0.118. The molecule has 6 nitrogen and oxygen atoms in total. The van der Waals surface area contributed by atoms with E-state index in [-0.39, 0.29) is 23.5 Å². The van der Waals surface area contributed by atoms with Crippen molar-refractivity contribution in [3.05, 3.63) is 52.7 Å². The average Bonchev–Trinajstić information content (AvgIpc) is 2.71. The van der Waals surface area contributed by atoms with Crippen molar-refractivity contribution in [3.63, 3.8) is 0 Å². The molecule has 3 heterocycles. The molecule has 0 unspecified atom stereocenters. The van der Waals surface area contributed by atoms with Crippen LogP contribution in [-0.4, -0.2) is 46.8 Å². The summed E-state index contributed by atoms with van der Waals surface area (Å²) >= 11 is 0. The second kappa shape index (κ2) is 7.30. The van der Waals surface area contributed by atoms with E-state index in [4.69, 9.17) is 9.97 Å². The molecule has 0 spiro atoms. The lowest BCUT2D eigenvalue weighted by Crippen LogP contribution is -2.40. The molecule has 1 saturated heterocycles. The van der Waals surface area contributed by atoms with Crippen molar-refractivity contribution in [2.75, 3.05) is 25.0 Å². The number of hydrogen-bond donors (Lipinski definition) is 0. The van der Waals surface area contributed by atoms with Gasteiger partial charge in [0.15, 0.2) is 0 Å². The van der Waals surface area contributed by atoms with Gasteiger partial charge >= 0.3 is 0 Å². The van der Waals surface area contributed by atoms with Crippen molar-refractivity contribution in [2.24, 2.45) is 0 Å². The lowest BCUT2D eigenvalue weighted by atomic mass is 9.95. The number of rotatable bonds is 2. The minimum Gasteiger partial charge on any atom is -0.338 e. The van der Waals surface area contributed by atoms with Gasteiger partial charge in [-0.05, 0) is 50.5 Å². The van der Waals surface area contributed by atoms with Crippen LogP contribution < -0.4 is 4.90 Å². The topological polar surface area (TPSA) is 66.4 Å².